The molecule has 0 spiro atoms. The third-order valence-electron chi connectivity index (χ3n) is 3.40. The lowest BCUT2D eigenvalue weighted by atomic mass is 10.0. The lowest BCUT2D eigenvalue weighted by Crippen LogP contribution is -2.20. The molecule has 0 amide bonds. The number of nitrogen functional groups attached to an aromatic ring is 1. The quantitative estimate of drug-likeness (QED) is 0.622. The highest BCUT2D eigenvalue weighted by molar-refractivity contribution is 5.40. The van der Waals surface area contributed by atoms with Crippen LogP contribution in [0.25, 0.3) is 0 Å². The summed E-state index contributed by atoms with van der Waals surface area (Å²) in [6.07, 6.45) is 4.40. The number of benzene rings is 1. The summed E-state index contributed by atoms with van der Waals surface area (Å²) in [7, 11) is 0. The molecule has 1 aromatic rings. The Morgan fingerprint density at radius 2 is 2.11 bits per heavy atom. The fourth-order valence-corrected chi connectivity index (χ4v) is 2.29. The topological polar surface area (TPSA) is 44.5 Å². The molecule has 2 rings (SSSR count). The summed E-state index contributed by atoms with van der Waals surface area (Å²) >= 11 is 0. The van der Waals surface area contributed by atoms with Gasteiger partial charge in [0.25, 0.3) is 0 Å². The van der Waals surface area contributed by atoms with Crippen LogP contribution in [0.15, 0.2) is 24.3 Å². The van der Waals surface area contributed by atoms with E-state index in [2.05, 4.69) is 6.07 Å². The molecule has 1 aliphatic rings. The zero-order valence-electron chi connectivity index (χ0n) is 10.9. The van der Waals surface area contributed by atoms with E-state index in [1.807, 2.05) is 18.2 Å². The average molecular weight is 249 g/mol. The minimum atomic E-state index is 0.700. The Bertz CT molecular complexity index is 348. The van der Waals surface area contributed by atoms with Gasteiger partial charge < -0.3 is 15.2 Å². The Morgan fingerprint density at radius 3 is 2.89 bits per heavy atom. The number of anilines is 1. The Morgan fingerprint density at radius 1 is 1.28 bits per heavy atom. The van der Waals surface area contributed by atoms with Gasteiger partial charge in [0.15, 0.2) is 0 Å². The molecule has 1 fully saturated rings. The number of rotatable bonds is 6. The van der Waals surface area contributed by atoms with E-state index in [0.29, 0.717) is 5.92 Å². The molecule has 1 saturated heterocycles. The predicted molar refractivity (Wildman–Crippen MR) is 73.5 cm³/mol. The second-order valence-corrected chi connectivity index (χ2v) is 4.98. The minimum absolute atomic E-state index is 0.700. The van der Waals surface area contributed by atoms with Gasteiger partial charge in [-0.2, -0.15) is 0 Å². The molecule has 0 radical (unpaired) electrons. The van der Waals surface area contributed by atoms with Gasteiger partial charge in [0, 0.05) is 32.1 Å². The molecule has 1 heterocycles. The van der Waals surface area contributed by atoms with E-state index in [0.717, 1.165) is 57.8 Å². The fourth-order valence-electron chi connectivity index (χ4n) is 2.29. The van der Waals surface area contributed by atoms with Crippen LogP contribution in [0, 0.1) is 5.92 Å². The van der Waals surface area contributed by atoms with Crippen LogP contribution in [0.4, 0.5) is 5.69 Å². The van der Waals surface area contributed by atoms with Crippen molar-refractivity contribution in [2.75, 3.05) is 32.2 Å². The number of hydrogen-bond donors (Lipinski definition) is 1. The lowest BCUT2D eigenvalue weighted by Gasteiger charge is -2.21. The summed E-state index contributed by atoms with van der Waals surface area (Å²) in [5, 5.41) is 0. The Hall–Kier alpha value is -1.06. The van der Waals surface area contributed by atoms with E-state index in [1.54, 1.807) is 0 Å². The molecule has 0 unspecified atom stereocenters. The van der Waals surface area contributed by atoms with Crippen LogP contribution in [0.3, 0.4) is 0 Å². The van der Waals surface area contributed by atoms with E-state index in [9.17, 15) is 0 Å². The molecular formula is C15H23NO2. The fraction of sp³-hybridized carbons (Fsp3) is 0.600. The standard InChI is InChI=1S/C15H23NO2/c16-15-5-1-3-13(11-15)4-2-8-18-12-14-6-9-17-10-7-14/h1,3,5,11,14H,2,4,6-10,12,16H2. The molecular weight excluding hydrogens is 226 g/mol. The second kappa shape index (κ2) is 7.39. The first-order valence-corrected chi connectivity index (χ1v) is 6.84. The SMILES string of the molecule is Nc1cccc(CCCOCC2CCOCC2)c1. The van der Waals surface area contributed by atoms with Crippen LogP contribution < -0.4 is 5.73 Å². The molecule has 0 saturated carbocycles. The number of hydrogen-bond acceptors (Lipinski definition) is 3. The summed E-state index contributed by atoms with van der Waals surface area (Å²) in [4.78, 5) is 0. The van der Waals surface area contributed by atoms with Gasteiger partial charge in [-0.05, 0) is 49.3 Å². The first-order chi connectivity index (χ1) is 8.84. The molecule has 18 heavy (non-hydrogen) atoms. The Labute approximate surface area is 109 Å². The molecule has 2 N–H and O–H groups in total. The van der Waals surface area contributed by atoms with E-state index < -0.39 is 0 Å². The Balaban J connectivity index is 1.55. The summed E-state index contributed by atoms with van der Waals surface area (Å²) in [6.45, 7) is 3.53. The smallest absolute Gasteiger partial charge is 0.0495 e. The molecule has 3 nitrogen and oxygen atoms in total. The van der Waals surface area contributed by atoms with Gasteiger partial charge in [0.1, 0.15) is 0 Å². The highest BCUT2D eigenvalue weighted by Crippen LogP contribution is 2.15. The van der Waals surface area contributed by atoms with Crippen molar-refractivity contribution in [2.45, 2.75) is 25.7 Å². The maximum atomic E-state index is 5.74. The van der Waals surface area contributed by atoms with Crippen molar-refractivity contribution >= 4 is 5.69 Å². The van der Waals surface area contributed by atoms with Crippen molar-refractivity contribution in [1.29, 1.82) is 0 Å². The van der Waals surface area contributed by atoms with Crippen LogP contribution in [-0.2, 0) is 15.9 Å². The first kappa shape index (κ1) is 13.4. The van der Waals surface area contributed by atoms with Crippen LogP contribution in [0.1, 0.15) is 24.8 Å². The third-order valence-corrected chi connectivity index (χ3v) is 3.40. The van der Waals surface area contributed by atoms with Gasteiger partial charge in [0.2, 0.25) is 0 Å². The molecule has 1 aromatic carbocycles. The predicted octanol–water partition coefficient (Wildman–Crippen LogP) is 2.64. The van der Waals surface area contributed by atoms with Crippen molar-refractivity contribution in [3.05, 3.63) is 29.8 Å². The second-order valence-electron chi connectivity index (χ2n) is 4.98. The zero-order chi connectivity index (χ0) is 12.6. The molecule has 0 bridgehead atoms. The lowest BCUT2D eigenvalue weighted by molar-refractivity contribution is 0.0202. The van der Waals surface area contributed by atoms with Crippen molar-refractivity contribution < 1.29 is 9.47 Å². The van der Waals surface area contributed by atoms with E-state index in [4.69, 9.17) is 15.2 Å². The zero-order valence-corrected chi connectivity index (χ0v) is 10.9. The summed E-state index contributed by atoms with van der Waals surface area (Å²) in [5.41, 5.74) is 7.88. The molecule has 3 heteroatoms. The largest absolute Gasteiger partial charge is 0.399 e. The monoisotopic (exact) mass is 249 g/mol. The summed E-state index contributed by atoms with van der Waals surface area (Å²) in [5.74, 6) is 0.700. The van der Waals surface area contributed by atoms with Crippen molar-refractivity contribution in [3.63, 3.8) is 0 Å². The van der Waals surface area contributed by atoms with Gasteiger partial charge in [-0.25, -0.2) is 0 Å². The summed E-state index contributed by atoms with van der Waals surface area (Å²) in [6, 6.07) is 8.09. The van der Waals surface area contributed by atoms with Crippen LogP contribution in [-0.4, -0.2) is 26.4 Å². The summed E-state index contributed by atoms with van der Waals surface area (Å²) < 4.78 is 11.1. The Kier molecular flexibility index (Phi) is 5.49. The van der Waals surface area contributed by atoms with Crippen LogP contribution in [0.5, 0.6) is 0 Å². The highest BCUT2D eigenvalue weighted by atomic mass is 16.5. The maximum absolute atomic E-state index is 5.74. The molecule has 0 atom stereocenters. The van der Waals surface area contributed by atoms with Crippen molar-refractivity contribution in [2.24, 2.45) is 5.92 Å². The minimum Gasteiger partial charge on any atom is -0.399 e. The van der Waals surface area contributed by atoms with Gasteiger partial charge in [-0.3, -0.25) is 0 Å². The van der Waals surface area contributed by atoms with E-state index in [1.165, 1.54) is 5.56 Å². The van der Waals surface area contributed by atoms with E-state index in [-0.39, 0.29) is 0 Å². The first-order valence-electron chi connectivity index (χ1n) is 6.84. The van der Waals surface area contributed by atoms with Crippen molar-refractivity contribution in [3.8, 4) is 0 Å². The van der Waals surface area contributed by atoms with E-state index >= 15 is 0 Å². The van der Waals surface area contributed by atoms with Gasteiger partial charge in [-0.1, -0.05) is 12.1 Å². The number of ether oxygens (including phenoxy) is 2. The normalized spacial score (nSPS) is 16.9. The number of aryl methyl sites for hydroxylation is 1. The number of nitrogens with two attached hydrogens (primary N) is 1. The maximum Gasteiger partial charge on any atom is 0.0495 e. The van der Waals surface area contributed by atoms with Crippen LogP contribution >= 0.6 is 0 Å². The molecule has 100 valence electrons. The average Bonchev–Trinajstić information content (AvgIpc) is 2.40. The van der Waals surface area contributed by atoms with Gasteiger partial charge >= 0.3 is 0 Å². The molecule has 1 aliphatic heterocycles. The molecule has 0 aromatic heterocycles. The molecule has 0 aliphatic carbocycles. The highest BCUT2D eigenvalue weighted by Gasteiger charge is 2.13. The van der Waals surface area contributed by atoms with Crippen LogP contribution in [0.2, 0.25) is 0 Å². The van der Waals surface area contributed by atoms with Gasteiger partial charge in [-0.15, -0.1) is 0 Å². The van der Waals surface area contributed by atoms with Gasteiger partial charge in [0.05, 0.1) is 0 Å². The third kappa shape index (κ3) is 4.67. The van der Waals surface area contributed by atoms with Crippen molar-refractivity contribution in [1.82, 2.24) is 0 Å².